The molecule has 1 N–H and O–H groups in total. The molecule has 0 aliphatic heterocycles. The predicted molar refractivity (Wildman–Crippen MR) is 109 cm³/mol. The lowest BCUT2D eigenvalue weighted by molar-refractivity contribution is -0.115. The van der Waals surface area contributed by atoms with E-state index in [1.54, 1.807) is 25.4 Å². The fourth-order valence-electron chi connectivity index (χ4n) is 2.32. The van der Waals surface area contributed by atoms with E-state index in [9.17, 15) is 4.79 Å². The number of thiazole rings is 1. The van der Waals surface area contributed by atoms with Gasteiger partial charge in [0.05, 0.1) is 18.7 Å². The monoisotopic (exact) mass is 447 g/mol. The van der Waals surface area contributed by atoms with E-state index < -0.39 is 0 Å². The second-order valence-corrected chi connectivity index (χ2v) is 7.35. The van der Waals surface area contributed by atoms with Crippen molar-refractivity contribution >= 4 is 38.9 Å². The minimum atomic E-state index is -0.175. The molecule has 0 spiro atoms. The number of nitrogens with zero attached hydrogens (tertiary/aromatic N) is 2. The molecule has 1 amide bonds. The molecule has 0 aliphatic carbocycles. The third kappa shape index (κ3) is 5.59. The first-order valence-corrected chi connectivity index (χ1v) is 9.90. The van der Waals surface area contributed by atoms with E-state index >= 15 is 0 Å². The molecule has 6 nitrogen and oxygen atoms in total. The highest BCUT2D eigenvalue weighted by Crippen LogP contribution is 2.27. The summed E-state index contributed by atoms with van der Waals surface area (Å²) in [5, 5.41) is 5.61. The Balaban J connectivity index is 1.63. The van der Waals surface area contributed by atoms with Gasteiger partial charge in [-0.25, -0.2) is 9.97 Å². The summed E-state index contributed by atoms with van der Waals surface area (Å²) < 4.78 is 11.5. The number of rotatable bonds is 8. The molecule has 0 saturated carbocycles. The highest BCUT2D eigenvalue weighted by atomic mass is 79.9. The van der Waals surface area contributed by atoms with Crippen LogP contribution in [0.5, 0.6) is 5.88 Å². The summed E-state index contributed by atoms with van der Waals surface area (Å²) in [6, 6.07) is 11.4. The van der Waals surface area contributed by atoms with Gasteiger partial charge in [-0.3, -0.25) is 4.79 Å². The Morgan fingerprint density at radius 3 is 2.96 bits per heavy atom. The number of hydrogen-bond donors (Lipinski definition) is 1. The fraction of sp³-hybridized carbons (Fsp3) is 0.211. The van der Waals surface area contributed by atoms with E-state index in [0.717, 1.165) is 20.7 Å². The van der Waals surface area contributed by atoms with Crippen LogP contribution in [0.3, 0.4) is 0 Å². The molecule has 3 rings (SSSR count). The summed E-state index contributed by atoms with van der Waals surface area (Å²) in [6.45, 7) is 0.805. The van der Waals surface area contributed by atoms with E-state index in [-0.39, 0.29) is 12.3 Å². The van der Waals surface area contributed by atoms with Crippen LogP contribution in [-0.2, 0) is 16.0 Å². The molecule has 0 radical (unpaired) electrons. The predicted octanol–water partition coefficient (Wildman–Crippen LogP) is 4.17. The minimum absolute atomic E-state index is 0.175. The number of nitrogens with one attached hydrogen (secondary N) is 1. The number of carbonyl (C=O) groups is 1. The summed E-state index contributed by atoms with van der Waals surface area (Å²) >= 11 is 4.97. The average Bonchev–Trinajstić information content (AvgIpc) is 3.12. The van der Waals surface area contributed by atoms with Crippen molar-refractivity contribution in [3.63, 3.8) is 0 Å². The lowest BCUT2D eigenvalue weighted by Gasteiger charge is -2.10. The van der Waals surface area contributed by atoms with Gasteiger partial charge in [0.1, 0.15) is 17.3 Å². The van der Waals surface area contributed by atoms with Crippen LogP contribution in [0.25, 0.3) is 10.6 Å². The second kappa shape index (κ2) is 9.59. The maximum absolute atomic E-state index is 12.4. The number of amides is 1. The number of pyridine rings is 1. The largest absolute Gasteiger partial charge is 0.474 e. The van der Waals surface area contributed by atoms with Gasteiger partial charge in [-0.15, -0.1) is 11.3 Å². The quantitative estimate of drug-likeness (QED) is 0.524. The zero-order chi connectivity index (χ0) is 19.1. The first-order valence-electron chi connectivity index (χ1n) is 8.22. The van der Waals surface area contributed by atoms with Crippen molar-refractivity contribution in [1.82, 2.24) is 9.97 Å². The van der Waals surface area contributed by atoms with Crippen molar-refractivity contribution < 1.29 is 14.3 Å². The Morgan fingerprint density at radius 2 is 2.15 bits per heavy atom. The van der Waals surface area contributed by atoms with Gasteiger partial charge in [-0.05, 0) is 24.3 Å². The van der Waals surface area contributed by atoms with Gasteiger partial charge in [0, 0.05) is 28.7 Å². The molecule has 0 saturated heterocycles. The SMILES string of the molecule is COCCOc1ncccc1NC(=O)Cc1csc(-c2cccc(Br)c2)n1. The first kappa shape index (κ1) is 19.5. The van der Waals surface area contributed by atoms with E-state index in [1.165, 1.54) is 11.3 Å². The molecule has 2 aromatic heterocycles. The average molecular weight is 448 g/mol. The van der Waals surface area contributed by atoms with E-state index in [4.69, 9.17) is 9.47 Å². The zero-order valence-corrected chi connectivity index (χ0v) is 17.0. The van der Waals surface area contributed by atoms with Crippen molar-refractivity contribution in [3.8, 4) is 16.5 Å². The van der Waals surface area contributed by atoms with Crippen LogP contribution in [0.4, 0.5) is 5.69 Å². The Morgan fingerprint density at radius 1 is 1.26 bits per heavy atom. The molecule has 140 valence electrons. The molecular weight excluding hydrogens is 430 g/mol. The topological polar surface area (TPSA) is 73.3 Å². The van der Waals surface area contributed by atoms with Crippen LogP contribution < -0.4 is 10.1 Å². The molecule has 0 atom stereocenters. The molecule has 27 heavy (non-hydrogen) atoms. The molecule has 8 heteroatoms. The zero-order valence-electron chi connectivity index (χ0n) is 14.6. The number of benzene rings is 1. The summed E-state index contributed by atoms with van der Waals surface area (Å²) in [5.74, 6) is 0.196. The van der Waals surface area contributed by atoms with E-state index in [2.05, 4.69) is 31.2 Å². The number of aromatic nitrogens is 2. The summed E-state index contributed by atoms with van der Waals surface area (Å²) in [6.07, 6.45) is 1.79. The number of ether oxygens (including phenoxy) is 2. The highest BCUT2D eigenvalue weighted by Gasteiger charge is 2.12. The van der Waals surface area contributed by atoms with E-state index in [0.29, 0.717) is 24.8 Å². The molecule has 0 bridgehead atoms. The van der Waals surface area contributed by atoms with Gasteiger partial charge in [-0.1, -0.05) is 28.1 Å². The van der Waals surface area contributed by atoms with Crippen molar-refractivity contribution in [2.45, 2.75) is 6.42 Å². The number of hydrogen-bond acceptors (Lipinski definition) is 6. The number of halogens is 1. The molecule has 1 aromatic carbocycles. The van der Waals surface area contributed by atoms with Crippen molar-refractivity contribution in [3.05, 3.63) is 58.1 Å². The minimum Gasteiger partial charge on any atom is -0.474 e. The summed E-state index contributed by atoms with van der Waals surface area (Å²) in [4.78, 5) is 21.1. The first-order chi connectivity index (χ1) is 13.2. The van der Waals surface area contributed by atoms with Gasteiger partial charge in [-0.2, -0.15) is 0 Å². The second-order valence-electron chi connectivity index (χ2n) is 5.58. The Kier molecular flexibility index (Phi) is 6.92. The lowest BCUT2D eigenvalue weighted by Crippen LogP contribution is -2.16. The molecular formula is C19H18BrN3O3S. The van der Waals surface area contributed by atoms with Gasteiger partial charge < -0.3 is 14.8 Å². The molecule has 2 heterocycles. The Bertz CT molecular complexity index is 916. The van der Waals surface area contributed by atoms with Crippen LogP contribution in [0, 0.1) is 0 Å². The highest BCUT2D eigenvalue weighted by molar-refractivity contribution is 9.10. The lowest BCUT2D eigenvalue weighted by atomic mass is 10.2. The molecule has 3 aromatic rings. The van der Waals surface area contributed by atoms with Crippen LogP contribution >= 0.6 is 27.3 Å². The standard InChI is InChI=1S/C19H18BrN3O3S/c1-25-8-9-26-18-16(6-3-7-21-18)23-17(24)11-15-12-27-19(22-15)13-4-2-5-14(20)10-13/h2-7,10,12H,8-9,11H2,1H3,(H,23,24). The maximum atomic E-state index is 12.4. The molecule has 0 fully saturated rings. The number of methoxy groups -OCH3 is 1. The van der Waals surface area contributed by atoms with Gasteiger partial charge in [0.25, 0.3) is 0 Å². The Labute approximate surface area is 169 Å². The fourth-order valence-corrected chi connectivity index (χ4v) is 3.54. The number of anilines is 1. The molecule has 0 unspecified atom stereocenters. The van der Waals surface area contributed by atoms with Crippen molar-refractivity contribution in [1.29, 1.82) is 0 Å². The van der Waals surface area contributed by atoms with Crippen LogP contribution in [-0.4, -0.2) is 36.2 Å². The van der Waals surface area contributed by atoms with Crippen LogP contribution in [0.2, 0.25) is 0 Å². The van der Waals surface area contributed by atoms with Gasteiger partial charge in [0.15, 0.2) is 0 Å². The van der Waals surface area contributed by atoms with Crippen molar-refractivity contribution in [2.24, 2.45) is 0 Å². The van der Waals surface area contributed by atoms with Gasteiger partial charge in [0.2, 0.25) is 11.8 Å². The van der Waals surface area contributed by atoms with E-state index in [1.807, 2.05) is 29.6 Å². The summed E-state index contributed by atoms with van der Waals surface area (Å²) in [5.41, 5.74) is 2.27. The maximum Gasteiger partial charge on any atom is 0.237 e. The number of carbonyl (C=O) groups excluding carboxylic acids is 1. The van der Waals surface area contributed by atoms with Crippen LogP contribution in [0.15, 0.2) is 52.4 Å². The smallest absolute Gasteiger partial charge is 0.237 e. The van der Waals surface area contributed by atoms with Crippen LogP contribution in [0.1, 0.15) is 5.69 Å². The third-order valence-electron chi connectivity index (χ3n) is 3.54. The van der Waals surface area contributed by atoms with Crippen molar-refractivity contribution in [2.75, 3.05) is 25.6 Å². The third-order valence-corrected chi connectivity index (χ3v) is 4.97. The Hall–Kier alpha value is -2.29. The normalized spacial score (nSPS) is 10.6. The van der Waals surface area contributed by atoms with Gasteiger partial charge >= 0.3 is 0 Å². The molecule has 0 aliphatic rings. The summed E-state index contributed by atoms with van der Waals surface area (Å²) in [7, 11) is 1.60.